The highest BCUT2D eigenvalue weighted by Gasteiger charge is 2.33. The Morgan fingerprint density at radius 1 is 1.33 bits per heavy atom. The van der Waals surface area contributed by atoms with Gasteiger partial charge in [0.15, 0.2) is 11.5 Å². The summed E-state index contributed by atoms with van der Waals surface area (Å²) in [5.41, 5.74) is 5.60. The molecular weight excluding hydrogens is 236 g/mol. The van der Waals surface area contributed by atoms with Crippen LogP contribution in [0, 0.1) is 0 Å². The van der Waals surface area contributed by atoms with Crippen molar-refractivity contribution in [1.82, 2.24) is 14.9 Å². The van der Waals surface area contributed by atoms with Crippen molar-refractivity contribution in [3.63, 3.8) is 0 Å². The van der Waals surface area contributed by atoms with Crippen LogP contribution in [0.1, 0.15) is 29.8 Å². The number of nitrogens with two attached hydrogens (primary N) is 1. The van der Waals surface area contributed by atoms with Crippen LogP contribution >= 0.6 is 0 Å². The molecule has 1 aliphatic rings. The van der Waals surface area contributed by atoms with Crippen molar-refractivity contribution in [3.05, 3.63) is 18.1 Å². The number of nitrogens with zero attached hydrogens (tertiary/aromatic N) is 3. The number of piperidine rings is 1. The Kier molecular flexibility index (Phi) is 3.40. The zero-order valence-electron chi connectivity index (χ0n) is 9.74. The molecule has 0 radical (unpaired) electrons. The first kappa shape index (κ1) is 12.3. The number of carboxylic acid groups (broad SMARTS) is 1. The highest BCUT2D eigenvalue weighted by molar-refractivity contribution is 5.98. The Labute approximate surface area is 104 Å². The molecular formula is C11H14N4O3. The molecule has 3 N–H and O–H groups in total. The first-order valence-corrected chi connectivity index (χ1v) is 5.71. The lowest BCUT2D eigenvalue weighted by Crippen LogP contribution is -2.48. The average molecular weight is 250 g/mol. The number of aliphatic carboxylic acids is 1. The van der Waals surface area contributed by atoms with E-state index in [1.807, 2.05) is 0 Å². The zero-order chi connectivity index (χ0) is 13.1. The molecule has 1 unspecified atom stereocenters. The third kappa shape index (κ3) is 2.24. The summed E-state index contributed by atoms with van der Waals surface area (Å²) in [4.78, 5) is 32.3. The van der Waals surface area contributed by atoms with Gasteiger partial charge in [-0.05, 0) is 19.3 Å². The Bertz CT molecular complexity index is 477. The number of hydrogen-bond donors (Lipinski definition) is 2. The second kappa shape index (κ2) is 4.99. The molecule has 1 amide bonds. The third-order valence-electron chi connectivity index (χ3n) is 2.98. The molecule has 0 aliphatic carbocycles. The van der Waals surface area contributed by atoms with Crippen molar-refractivity contribution in [2.45, 2.75) is 25.3 Å². The minimum atomic E-state index is -0.995. The maximum atomic E-state index is 12.2. The highest BCUT2D eigenvalue weighted by Crippen LogP contribution is 2.20. The minimum Gasteiger partial charge on any atom is -0.480 e. The number of likely N-dealkylation sites (tertiary alicyclic amines) is 1. The summed E-state index contributed by atoms with van der Waals surface area (Å²) >= 11 is 0. The second-order valence-corrected chi connectivity index (χ2v) is 4.14. The van der Waals surface area contributed by atoms with E-state index in [-0.39, 0.29) is 11.5 Å². The van der Waals surface area contributed by atoms with E-state index in [4.69, 9.17) is 10.8 Å². The lowest BCUT2D eigenvalue weighted by molar-refractivity contribution is -0.143. The summed E-state index contributed by atoms with van der Waals surface area (Å²) in [6.45, 7) is 0.409. The van der Waals surface area contributed by atoms with E-state index < -0.39 is 17.9 Å². The SMILES string of the molecule is Nc1nccnc1C(=O)N1CCCCC1C(=O)O. The van der Waals surface area contributed by atoms with Gasteiger partial charge in [0.1, 0.15) is 6.04 Å². The molecule has 1 aliphatic heterocycles. The van der Waals surface area contributed by atoms with Crippen molar-refractivity contribution in [3.8, 4) is 0 Å². The largest absolute Gasteiger partial charge is 0.480 e. The minimum absolute atomic E-state index is 0.0191. The molecule has 18 heavy (non-hydrogen) atoms. The predicted octanol–water partition coefficient (Wildman–Crippen LogP) is 0.138. The molecule has 0 spiro atoms. The van der Waals surface area contributed by atoms with E-state index >= 15 is 0 Å². The first-order valence-electron chi connectivity index (χ1n) is 5.71. The normalized spacial score (nSPS) is 19.6. The van der Waals surface area contributed by atoms with Crippen molar-refractivity contribution in [2.24, 2.45) is 0 Å². The average Bonchev–Trinajstić information content (AvgIpc) is 2.38. The summed E-state index contributed by atoms with van der Waals surface area (Å²) in [5.74, 6) is -1.43. The number of amides is 1. The molecule has 0 saturated carbocycles. The monoisotopic (exact) mass is 250 g/mol. The van der Waals surface area contributed by atoms with E-state index in [2.05, 4.69) is 9.97 Å². The van der Waals surface area contributed by atoms with Crippen LogP contribution in [0.3, 0.4) is 0 Å². The summed E-state index contributed by atoms with van der Waals surface area (Å²) in [6.07, 6.45) is 4.80. The number of carbonyl (C=O) groups excluding carboxylic acids is 1. The van der Waals surface area contributed by atoms with Crippen molar-refractivity contribution >= 4 is 17.7 Å². The number of carboxylic acids is 1. The Morgan fingerprint density at radius 2 is 2.06 bits per heavy atom. The van der Waals surface area contributed by atoms with Gasteiger partial charge in [0.05, 0.1) is 0 Å². The number of aromatic nitrogens is 2. The van der Waals surface area contributed by atoms with Gasteiger partial charge < -0.3 is 15.7 Å². The number of hydrogen-bond acceptors (Lipinski definition) is 5. The van der Waals surface area contributed by atoms with Gasteiger partial charge in [0.2, 0.25) is 0 Å². The molecule has 1 aromatic rings. The van der Waals surface area contributed by atoms with Gasteiger partial charge in [-0.15, -0.1) is 0 Å². The molecule has 7 nitrogen and oxygen atoms in total. The fourth-order valence-electron chi connectivity index (χ4n) is 2.08. The maximum absolute atomic E-state index is 12.2. The fraction of sp³-hybridized carbons (Fsp3) is 0.455. The van der Waals surface area contributed by atoms with Crippen LogP contribution in [0.4, 0.5) is 5.82 Å². The topological polar surface area (TPSA) is 109 Å². The zero-order valence-corrected chi connectivity index (χ0v) is 9.74. The Balaban J connectivity index is 2.27. The van der Waals surface area contributed by atoms with E-state index in [1.54, 1.807) is 0 Å². The van der Waals surface area contributed by atoms with E-state index in [9.17, 15) is 9.59 Å². The van der Waals surface area contributed by atoms with Gasteiger partial charge in [-0.25, -0.2) is 14.8 Å². The molecule has 1 atom stereocenters. The summed E-state index contributed by atoms with van der Waals surface area (Å²) in [5, 5.41) is 9.11. The van der Waals surface area contributed by atoms with Crippen LogP contribution in [0.25, 0.3) is 0 Å². The highest BCUT2D eigenvalue weighted by atomic mass is 16.4. The molecule has 1 fully saturated rings. The van der Waals surface area contributed by atoms with E-state index in [0.717, 1.165) is 12.8 Å². The molecule has 7 heteroatoms. The predicted molar refractivity (Wildman–Crippen MR) is 62.8 cm³/mol. The van der Waals surface area contributed by atoms with E-state index in [1.165, 1.54) is 17.3 Å². The molecule has 2 heterocycles. The van der Waals surface area contributed by atoms with Gasteiger partial charge in [-0.1, -0.05) is 0 Å². The van der Waals surface area contributed by atoms with Gasteiger partial charge in [-0.2, -0.15) is 0 Å². The molecule has 2 rings (SSSR count). The van der Waals surface area contributed by atoms with Crippen LogP contribution in [0.5, 0.6) is 0 Å². The lowest BCUT2D eigenvalue weighted by atomic mass is 10.0. The number of anilines is 1. The van der Waals surface area contributed by atoms with Gasteiger partial charge in [0, 0.05) is 18.9 Å². The van der Waals surface area contributed by atoms with Crippen LogP contribution in [0.15, 0.2) is 12.4 Å². The van der Waals surface area contributed by atoms with Gasteiger partial charge in [0.25, 0.3) is 5.91 Å². The van der Waals surface area contributed by atoms with Crippen LogP contribution in [-0.2, 0) is 4.79 Å². The van der Waals surface area contributed by atoms with Gasteiger partial charge >= 0.3 is 5.97 Å². The first-order chi connectivity index (χ1) is 8.61. The van der Waals surface area contributed by atoms with Crippen molar-refractivity contribution < 1.29 is 14.7 Å². The van der Waals surface area contributed by atoms with Crippen molar-refractivity contribution in [2.75, 3.05) is 12.3 Å². The fourth-order valence-corrected chi connectivity index (χ4v) is 2.08. The standard InChI is InChI=1S/C11H14N4O3/c12-9-8(13-4-5-14-9)10(16)15-6-2-1-3-7(15)11(17)18/h4-5,7H,1-3,6H2,(H2,12,14)(H,17,18). The number of nitrogen functional groups attached to an aromatic ring is 1. The quantitative estimate of drug-likeness (QED) is 0.772. The number of rotatable bonds is 2. The smallest absolute Gasteiger partial charge is 0.326 e. The summed E-state index contributed by atoms with van der Waals surface area (Å²) in [6, 6.07) is -0.798. The third-order valence-corrected chi connectivity index (χ3v) is 2.98. The van der Waals surface area contributed by atoms with Crippen LogP contribution in [-0.4, -0.2) is 44.4 Å². The molecule has 0 aromatic carbocycles. The summed E-state index contributed by atoms with van der Waals surface area (Å²) < 4.78 is 0. The van der Waals surface area contributed by atoms with Crippen LogP contribution < -0.4 is 5.73 Å². The van der Waals surface area contributed by atoms with Crippen molar-refractivity contribution in [1.29, 1.82) is 0 Å². The molecule has 0 bridgehead atoms. The van der Waals surface area contributed by atoms with Gasteiger partial charge in [-0.3, -0.25) is 4.79 Å². The lowest BCUT2D eigenvalue weighted by Gasteiger charge is -2.32. The second-order valence-electron chi connectivity index (χ2n) is 4.14. The van der Waals surface area contributed by atoms with E-state index in [0.29, 0.717) is 13.0 Å². The summed E-state index contributed by atoms with van der Waals surface area (Å²) in [7, 11) is 0. The maximum Gasteiger partial charge on any atom is 0.326 e. The Morgan fingerprint density at radius 3 is 2.72 bits per heavy atom. The molecule has 1 saturated heterocycles. The molecule has 96 valence electrons. The molecule has 1 aromatic heterocycles. The Hall–Kier alpha value is -2.18. The number of carbonyl (C=O) groups is 2. The van der Waals surface area contributed by atoms with Crippen LogP contribution in [0.2, 0.25) is 0 Å².